The highest BCUT2D eigenvalue weighted by Crippen LogP contribution is 2.37. The molecule has 2 atom stereocenters. The predicted molar refractivity (Wildman–Crippen MR) is 79.9 cm³/mol. The number of piperidine rings is 1. The van der Waals surface area contributed by atoms with Gasteiger partial charge in [0.2, 0.25) is 0 Å². The lowest BCUT2D eigenvalue weighted by Crippen LogP contribution is -2.45. The highest BCUT2D eigenvalue weighted by Gasteiger charge is 2.33. The normalized spacial score (nSPS) is 23.8. The van der Waals surface area contributed by atoms with Gasteiger partial charge in [-0.05, 0) is 60.7 Å². The second kappa shape index (κ2) is 5.72. The van der Waals surface area contributed by atoms with E-state index in [0.29, 0.717) is 11.5 Å². The second-order valence-corrected chi connectivity index (χ2v) is 6.84. The summed E-state index contributed by atoms with van der Waals surface area (Å²) in [4.78, 5) is 2.59. The molecule has 0 amide bonds. The van der Waals surface area contributed by atoms with Gasteiger partial charge < -0.3 is 5.73 Å². The van der Waals surface area contributed by atoms with Gasteiger partial charge >= 0.3 is 0 Å². The standard InChI is InChI=1S/C15H26N2S/c1-4-15(3)6-8-17(9-7-15)14(12(2)16)13-5-10-18-11-13/h5,10-12,14H,4,6-9,16H2,1-3H3. The van der Waals surface area contributed by atoms with Gasteiger partial charge in [-0.1, -0.05) is 20.3 Å². The maximum absolute atomic E-state index is 6.22. The van der Waals surface area contributed by atoms with Gasteiger partial charge in [0.05, 0.1) is 6.04 Å². The van der Waals surface area contributed by atoms with E-state index >= 15 is 0 Å². The summed E-state index contributed by atoms with van der Waals surface area (Å²) in [5.74, 6) is 0. The molecule has 102 valence electrons. The molecule has 1 aliphatic rings. The highest BCUT2D eigenvalue weighted by atomic mass is 32.1. The lowest BCUT2D eigenvalue weighted by molar-refractivity contribution is 0.0723. The third kappa shape index (κ3) is 2.95. The van der Waals surface area contributed by atoms with Crippen molar-refractivity contribution in [1.29, 1.82) is 0 Å². The fraction of sp³-hybridized carbons (Fsp3) is 0.733. The molecular weight excluding hydrogens is 240 g/mol. The van der Waals surface area contributed by atoms with E-state index in [9.17, 15) is 0 Å². The smallest absolute Gasteiger partial charge is 0.0504 e. The molecule has 1 aliphatic heterocycles. The minimum Gasteiger partial charge on any atom is -0.326 e. The molecule has 1 fully saturated rings. The van der Waals surface area contributed by atoms with Crippen molar-refractivity contribution in [2.45, 2.75) is 52.1 Å². The Morgan fingerprint density at radius 3 is 2.56 bits per heavy atom. The third-order valence-corrected chi connectivity index (χ3v) is 5.34. The Bertz CT molecular complexity index is 351. The molecule has 2 nitrogen and oxygen atoms in total. The third-order valence-electron chi connectivity index (χ3n) is 4.63. The Kier molecular flexibility index (Phi) is 4.46. The van der Waals surface area contributed by atoms with Crippen molar-refractivity contribution < 1.29 is 0 Å². The summed E-state index contributed by atoms with van der Waals surface area (Å²) < 4.78 is 0. The zero-order valence-corrected chi connectivity index (χ0v) is 12.7. The highest BCUT2D eigenvalue weighted by molar-refractivity contribution is 7.07. The summed E-state index contributed by atoms with van der Waals surface area (Å²) in [5, 5.41) is 4.41. The fourth-order valence-electron chi connectivity index (χ4n) is 2.99. The first-order chi connectivity index (χ1) is 8.56. The maximum atomic E-state index is 6.22. The summed E-state index contributed by atoms with van der Waals surface area (Å²) >= 11 is 1.77. The molecule has 1 saturated heterocycles. The lowest BCUT2D eigenvalue weighted by Gasteiger charge is -2.43. The Morgan fingerprint density at radius 2 is 2.11 bits per heavy atom. The molecule has 1 aromatic heterocycles. The van der Waals surface area contributed by atoms with Crippen LogP contribution in [-0.4, -0.2) is 24.0 Å². The van der Waals surface area contributed by atoms with Crippen molar-refractivity contribution in [3.8, 4) is 0 Å². The van der Waals surface area contributed by atoms with Crippen LogP contribution in [-0.2, 0) is 0 Å². The van der Waals surface area contributed by atoms with E-state index in [1.54, 1.807) is 11.3 Å². The van der Waals surface area contributed by atoms with Gasteiger partial charge in [-0.2, -0.15) is 11.3 Å². The van der Waals surface area contributed by atoms with E-state index in [4.69, 9.17) is 5.73 Å². The molecule has 2 rings (SSSR count). The Labute approximate surface area is 115 Å². The molecule has 0 bridgehead atoms. The summed E-state index contributed by atoms with van der Waals surface area (Å²) in [6.45, 7) is 9.25. The minimum absolute atomic E-state index is 0.200. The van der Waals surface area contributed by atoms with E-state index in [1.807, 2.05) is 0 Å². The zero-order chi connectivity index (χ0) is 13.2. The molecule has 2 N–H and O–H groups in total. The monoisotopic (exact) mass is 266 g/mol. The van der Waals surface area contributed by atoms with Crippen LogP contribution in [0.15, 0.2) is 16.8 Å². The maximum Gasteiger partial charge on any atom is 0.0504 e. The molecular formula is C15H26N2S. The first-order valence-electron chi connectivity index (χ1n) is 7.07. The van der Waals surface area contributed by atoms with Crippen molar-refractivity contribution in [1.82, 2.24) is 4.90 Å². The fourth-order valence-corrected chi connectivity index (χ4v) is 3.68. The van der Waals surface area contributed by atoms with E-state index in [2.05, 4.69) is 42.5 Å². The SMILES string of the molecule is CCC1(C)CCN(C(c2ccsc2)C(C)N)CC1. The molecule has 0 aliphatic carbocycles. The second-order valence-electron chi connectivity index (χ2n) is 6.06. The van der Waals surface area contributed by atoms with Crippen molar-refractivity contribution in [3.63, 3.8) is 0 Å². The van der Waals surface area contributed by atoms with Gasteiger partial charge in [0.1, 0.15) is 0 Å². The predicted octanol–water partition coefficient (Wildman–Crippen LogP) is 3.65. The van der Waals surface area contributed by atoms with Crippen molar-refractivity contribution in [2.24, 2.45) is 11.1 Å². The Morgan fingerprint density at radius 1 is 1.44 bits per heavy atom. The molecule has 2 unspecified atom stereocenters. The average molecular weight is 266 g/mol. The largest absolute Gasteiger partial charge is 0.326 e. The number of likely N-dealkylation sites (tertiary alicyclic amines) is 1. The minimum atomic E-state index is 0.200. The van der Waals surface area contributed by atoms with Crippen LogP contribution in [0.2, 0.25) is 0 Å². The van der Waals surface area contributed by atoms with Crippen molar-refractivity contribution >= 4 is 11.3 Å². The summed E-state index contributed by atoms with van der Waals surface area (Å²) in [6.07, 6.45) is 3.90. The quantitative estimate of drug-likeness (QED) is 0.901. The number of thiophene rings is 1. The molecule has 0 saturated carbocycles. The van der Waals surface area contributed by atoms with Gasteiger partial charge in [-0.3, -0.25) is 4.90 Å². The van der Waals surface area contributed by atoms with Crippen LogP contribution < -0.4 is 5.73 Å². The van der Waals surface area contributed by atoms with Gasteiger partial charge in [0, 0.05) is 6.04 Å². The van der Waals surface area contributed by atoms with E-state index in [1.165, 1.54) is 37.9 Å². The number of hydrogen-bond donors (Lipinski definition) is 1. The van der Waals surface area contributed by atoms with Gasteiger partial charge in [-0.25, -0.2) is 0 Å². The molecule has 18 heavy (non-hydrogen) atoms. The molecule has 3 heteroatoms. The number of hydrogen-bond acceptors (Lipinski definition) is 3. The average Bonchev–Trinajstić information content (AvgIpc) is 2.85. The molecule has 0 spiro atoms. The van der Waals surface area contributed by atoms with Crippen molar-refractivity contribution in [3.05, 3.63) is 22.4 Å². The summed E-state index contributed by atoms with van der Waals surface area (Å²) in [6, 6.07) is 2.83. The van der Waals surface area contributed by atoms with Crippen LogP contribution in [0, 0.1) is 5.41 Å². The zero-order valence-electron chi connectivity index (χ0n) is 11.9. The molecule has 2 heterocycles. The van der Waals surface area contributed by atoms with Crippen LogP contribution in [0.1, 0.15) is 51.6 Å². The van der Waals surface area contributed by atoms with Gasteiger partial charge in [0.25, 0.3) is 0 Å². The number of nitrogens with two attached hydrogens (primary N) is 1. The van der Waals surface area contributed by atoms with Crippen LogP contribution in [0.25, 0.3) is 0 Å². The van der Waals surface area contributed by atoms with Crippen molar-refractivity contribution in [2.75, 3.05) is 13.1 Å². The van der Waals surface area contributed by atoms with E-state index in [0.717, 1.165) is 0 Å². The lowest BCUT2D eigenvalue weighted by atomic mass is 9.77. The van der Waals surface area contributed by atoms with Gasteiger partial charge in [-0.15, -0.1) is 0 Å². The van der Waals surface area contributed by atoms with Crippen LogP contribution in [0.4, 0.5) is 0 Å². The number of rotatable bonds is 4. The first-order valence-corrected chi connectivity index (χ1v) is 8.02. The Balaban J connectivity index is 2.06. The van der Waals surface area contributed by atoms with Gasteiger partial charge in [0.15, 0.2) is 0 Å². The van der Waals surface area contributed by atoms with Crippen LogP contribution in [0.5, 0.6) is 0 Å². The van der Waals surface area contributed by atoms with Crippen LogP contribution >= 0.6 is 11.3 Å². The molecule has 0 radical (unpaired) electrons. The summed E-state index contributed by atoms with van der Waals surface area (Å²) in [5.41, 5.74) is 8.17. The van der Waals surface area contributed by atoms with E-state index in [-0.39, 0.29) is 6.04 Å². The Hall–Kier alpha value is -0.380. The van der Waals surface area contributed by atoms with Crippen LogP contribution in [0.3, 0.4) is 0 Å². The molecule has 0 aromatic carbocycles. The number of nitrogens with zero attached hydrogens (tertiary/aromatic N) is 1. The summed E-state index contributed by atoms with van der Waals surface area (Å²) in [7, 11) is 0. The first kappa shape index (κ1) is 14.0. The topological polar surface area (TPSA) is 29.3 Å². The van der Waals surface area contributed by atoms with E-state index < -0.39 is 0 Å². The molecule has 1 aromatic rings.